The fourth-order valence-corrected chi connectivity index (χ4v) is 6.07. The van der Waals surface area contributed by atoms with Gasteiger partial charge >= 0.3 is 0 Å². The molecule has 0 aliphatic heterocycles. The molecule has 2 rings (SSSR count). The SMILES string of the molecule is CC(C)(C)c1ccc(CNC(=S)NCc2ccc(F)c(N(S(C)(=O)=O)S(C)(=O)=O)c2)cc1. The fraction of sp³-hybridized carbons (Fsp3) is 0.381. The molecule has 32 heavy (non-hydrogen) atoms. The Balaban J connectivity index is 2.05. The molecule has 0 unspecified atom stereocenters. The van der Waals surface area contributed by atoms with Crippen molar-refractivity contribution in [1.82, 2.24) is 10.6 Å². The van der Waals surface area contributed by atoms with Crippen LogP contribution in [-0.2, 0) is 38.6 Å². The van der Waals surface area contributed by atoms with Gasteiger partial charge in [-0.2, -0.15) is 3.71 Å². The van der Waals surface area contributed by atoms with Gasteiger partial charge in [-0.05, 0) is 46.5 Å². The Morgan fingerprint density at radius 2 is 1.38 bits per heavy atom. The molecule has 0 heterocycles. The number of sulfonamides is 2. The number of hydrogen-bond acceptors (Lipinski definition) is 5. The van der Waals surface area contributed by atoms with Crippen LogP contribution in [0.15, 0.2) is 42.5 Å². The van der Waals surface area contributed by atoms with E-state index in [1.54, 1.807) is 0 Å². The number of rotatable bonds is 7. The van der Waals surface area contributed by atoms with E-state index in [2.05, 4.69) is 43.5 Å². The molecular weight excluding hydrogens is 473 g/mol. The van der Waals surface area contributed by atoms with E-state index in [0.29, 0.717) is 29.7 Å². The van der Waals surface area contributed by atoms with Gasteiger partial charge in [-0.3, -0.25) is 0 Å². The van der Waals surface area contributed by atoms with Crippen molar-refractivity contribution in [3.63, 3.8) is 0 Å². The van der Waals surface area contributed by atoms with Crippen molar-refractivity contribution in [1.29, 1.82) is 0 Å². The lowest BCUT2D eigenvalue weighted by molar-refractivity contribution is 0.585. The molecule has 0 bridgehead atoms. The molecule has 2 aromatic rings. The molecule has 11 heteroatoms. The Labute approximate surface area is 195 Å². The summed E-state index contributed by atoms with van der Waals surface area (Å²) < 4.78 is 62.1. The first kappa shape index (κ1) is 26.0. The van der Waals surface area contributed by atoms with Crippen LogP contribution in [0, 0.1) is 5.82 Å². The molecule has 7 nitrogen and oxygen atoms in total. The highest BCUT2D eigenvalue weighted by Crippen LogP contribution is 2.26. The second-order valence-electron chi connectivity index (χ2n) is 8.49. The van der Waals surface area contributed by atoms with E-state index < -0.39 is 31.6 Å². The van der Waals surface area contributed by atoms with E-state index in [9.17, 15) is 21.2 Å². The van der Waals surface area contributed by atoms with Crippen LogP contribution in [0.5, 0.6) is 0 Å². The molecule has 0 aromatic heterocycles. The van der Waals surface area contributed by atoms with Crippen molar-refractivity contribution in [2.45, 2.75) is 39.3 Å². The van der Waals surface area contributed by atoms with E-state index >= 15 is 0 Å². The molecule has 0 radical (unpaired) electrons. The van der Waals surface area contributed by atoms with E-state index in [4.69, 9.17) is 12.2 Å². The summed E-state index contributed by atoms with van der Waals surface area (Å²) in [4.78, 5) is 0. The number of benzene rings is 2. The molecule has 2 aromatic carbocycles. The first-order valence-corrected chi connectivity index (χ1v) is 13.8. The first-order valence-electron chi connectivity index (χ1n) is 9.69. The second-order valence-corrected chi connectivity index (χ2v) is 12.8. The zero-order chi connectivity index (χ0) is 24.3. The quantitative estimate of drug-likeness (QED) is 0.563. The van der Waals surface area contributed by atoms with Crippen molar-refractivity contribution in [3.05, 3.63) is 65.0 Å². The second kappa shape index (κ2) is 9.72. The average Bonchev–Trinajstić information content (AvgIpc) is 2.64. The number of halogens is 1. The van der Waals surface area contributed by atoms with Crippen molar-refractivity contribution in [2.75, 3.05) is 16.2 Å². The highest BCUT2D eigenvalue weighted by molar-refractivity contribution is 8.09. The molecule has 0 spiro atoms. The van der Waals surface area contributed by atoms with Gasteiger partial charge in [0.05, 0.1) is 12.5 Å². The van der Waals surface area contributed by atoms with E-state index in [0.717, 1.165) is 17.7 Å². The zero-order valence-electron chi connectivity index (χ0n) is 18.6. The number of hydrogen-bond donors (Lipinski definition) is 2. The van der Waals surface area contributed by atoms with Gasteiger partial charge in [0.2, 0.25) is 20.0 Å². The highest BCUT2D eigenvalue weighted by Gasteiger charge is 2.30. The summed E-state index contributed by atoms with van der Waals surface area (Å²) >= 11 is 5.27. The van der Waals surface area contributed by atoms with Crippen LogP contribution in [0.2, 0.25) is 0 Å². The van der Waals surface area contributed by atoms with Gasteiger partial charge in [0.25, 0.3) is 0 Å². The number of anilines is 1. The van der Waals surface area contributed by atoms with E-state index in [1.807, 2.05) is 12.1 Å². The largest absolute Gasteiger partial charge is 0.359 e. The van der Waals surface area contributed by atoms with Crippen LogP contribution >= 0.6 is 12.2 Å². The van der Waals surface area contributed by atoms with Crippen molar-refractivity contribution >= 4 is 43.1 Å². The van der Waals surface area contributed by atoms with Crippen LogP contribution < -0.4 is 14.3 Å². The molecular formula is C21H28FN3O4S3. The summed E-state index contributed by atoms with van der Waals surface area (Å²) in [6.07, 6.45) is 1.40. The average molecular weight is 502 g/mol. The number of thiocarbonyl (C=S) groups is 1. The highest BCUT2D eigenvalue weighted by atomic mass is 32.3. The smallest absolute Gasteiger partial charge is 0.245 e. The number of nitrogens with zero attached hydrogens (tertiary/aromatic N) is 1. The lowest BCUT2D eigenvalue weighted by Gasteiger charge is -2.21. The van der Waals surface area contributed by atoms with E-state index in [-0.39, 0.29) is 15.7 Å². The lowest BCUT2D eigenvalue weighted by Crippen LogP contribution is -2.36. The summed E-state index contributed by atoms with van der Waals surface area (Å²) in [5.74, 6) is -0.969. The molecule has 0 aliphatic carbocycles. The summed E-state index contributed by atoms with van der Waals surface area (Å²) in [7, 11) is -8.50. The molecule has 0 fully saturated rings. The molecule has 0 aliphatic rings. The maximum atomic E-state index is 14.3. The van der Waals surface area contributed by atoms with E-state index in [1.165, 1.54) is 11.6 Å². The maximum absolute atomic E-state index is 14.3. The van der Waals surface area contributed by atoms with Gasteiger partial charge in [0.1, 0.15) is 11.5 Å². The Bertz CT molecular complexity index is 1160. The van der Waals surface area contributed by atoms with Crippen LogP contribution in [-0.4, -0.2) is 34.5 Å². The topological polar surface area (TPSA) is 95.6 Å². The molecule has 0 atom stereocenters. The number of nitrogens with one attached hydrogen (secondary N) is 2. The Hall–Kier alpha value is -2.24. The maximum Gasteiger partial charge on any atom is 0.245 e. The molecule has 176 valence electrons. The van der Waals surface area contributed by atoms with Gasteiger partial charge in [0.15, 0.2) is 5.11 Å². The minimum Gasteiger partial charge on any atom is -0.359 e. The third-order valence-electron chi connectivity index (χ3n) is 4.54. The first-order chi connectivity index (χ1) is 14.6. The minimum absolute atomic E-state index is 0.0701. The minimum atomic E-state index is -4.25. The van der Waals surface area contributed by atoms with Crippen LogP contribution in [0.1, 0.15) is 37.5 Å². The summed E-state index contributed by atoms with van der Waals surface area (Å²) in [5.41, 5.74) is 2.24. The van der Waals surface area contributed by atoms with Crippen molar-refractivity contribution in [3.8, 4) is 0 Å². The Morgan fingerprint density at radius 1 is 0.906 bits per heavy atom. The van der Waals surface area contributed by atoms with Gasteiger partial charge in [-0.15, -0.1) is 0 Å². The monoisotopic (exact) mass is 501 g/mol. The molecule has 0 amide bonds. The van der Waals surface area contributed by atoms with Gasteiger partial charge in [-0.25, -0.2) is 21.2 Å². The Morgan fingerprint density at radius 3 is 1.84 bits per heavy atom. The Kier molecular flexibility index (Phi) is 7.90. The van der Waals surface area contributed by atoms with Crippen LogP contribution in [0.3, 0.4) is 0 Å². The third kappa shape index (κ3) is 7.14. The van der Waals surface area contributed by atoms with Gasteiger partial charge < -0.3 is 10.6 Å². The summed E-state index contributed by atoms with van der Waals surface area (Å²) in [6, 6.07) is 11.8. The summed E-state index contributed by atoms with van der Waals surface area (Å²) in [6.45, 7) is 7.08. The lowest BCUT2D eigenvalue weighted by atomic mass is 9.87. The van der Waals surface area contributed by atoms with Crippen LogP contribution in [0.25, 0.3) is 0 Å². The van der Waals surface area contributed by atoms with Crippen LogP contribution in [0.4, 0.5) is 10.1 Å². The zero-order valence-corrected chi connectivity index (χ0v) is 21.1. The molecule has 0 saturated carbocycles. The standard InChI is InChI=1S/C21H28FN3O4S3/c1-21(2,3)17-9-6-15(7-10-17)13-23-20(30)24-14-16-8-11-18(22)19(12-16)25(31(4,26)27)32(5,28)29/h6-12H,13-14H2,1-5H3,(H2,23,24,30). The molecule has 2 N–H and O–H groups in total. The third-order valence-corrected chi connectivity index (χ3v) is 8.05. The fourth-order valence-electron chi connectivity index (χ4n) is 2.96. The molecule has 0 saturated heterocycles. The summed E-state index contributed by atoms with van der Waals surface area (Å²) in [5, 5.41) is 6.36. The van der Waals surface area contributed by atoms with Crippen molar-refractivity contribution < 1.29 is 21.2 Å². The normalized spacial score (nSPS) is 12.3. The van der Waals surface area contributed by atoms with Crippen molar-refractivity contribution in [2.24, 2.45) is 0 Å². The predicted octanol–water partition coefficient (Wildman–Crippen LogP) is 3.01. The predicted molar refractivity (Wildman–Crippen MR) is 130 cm³/mol. The van der Waals surface area contributed by atoms with Gasteiger partial charge in [-0.1, -0.05) is 51.1 Å². The van der Waals surface area contributed by atoms with Gasteiger partial charge in [0, 0.05) is 13.1 Å².